The average Bonchev–Trinajstić information content (AvgIpc) is 2.65. The minimum atomic E-state index is -0.329. The van der Waals surface area contributed by atoms with Gasteiger partial charge < -0.3 is 15.5 Å². The summed E-state index contributed by atoms with van der Waals surface area (Å²) in [5.74, 6) is 0.768. The lowest BCUT2D eigenvalue weighted by Crippen LogP contribution is -2.47. The van der Waals surface area contributed by atoms with Crippen molar-refractivity contribution >= 4 is 22.8 Å². The van der Waals surface area contributed by atoms with Gasteiger partial charge in [-0.3, -0.25) is 4.79 Å². The van der Waals surface area contributed by atoms with Crippen LogP contribution >= 0.6 is 0 Å². The number of fused-ring (bicyclic) bond motifs is 1. The number of nitrogens with zero attached hydrogens (tertiary/aromatic N) is 5. The molecular formula is C17H18N6O. The minimum absolute atomic E-state index is 0.103. The van der Waals surface area contributed by atoms with Gasteiger partial charge in [0.05, 0.1) is 6.20 Å². The number of hydrogen-bond donors (Lipinski definition) is 1. The zero-order chi connectivity index (χ0) is 16.5. The van der Waals surface area contributed by atoms with Gasteiger partial charge >= 0.3 is 0 Å². The van der Waals surface area contributed by atoms with Crippen molar-refractivity contribution in [2.45, 2.75) is 0 Å². The van der Waals surface area contributed by atoms with E-state index >= 15 is 0 Å². The second-order valence-electron chi connectivity index (χ2n) is 5.79. The molecule has 1 aliphatic heterocycles. The number of benzene rings is 1. The summed E-state index contributed by atoms with van der Waals surface area (Å²) in [6.07, 6.45) is 1.37. The Bertz CT molecular complexity index is 915. The first-order chi connectivity index (χ1) is 11.7. The highest BCUT2D eigenvalue weighted by molar-refractivity contribution is 5.51. The first-order valence-electron chi connectivity index (χ1n) is 7.92. The quantitative estimate of drug-likeness (QED) is 0.758. The molecule has 0 spiro atoms. The highest BCUT2D eigenvalue weighted by atomic mass is 16.1. The summed E-state index contributed by atoms with van der Waals surface area (Å²) < 4.78 is 1.27. The maximum atomic E-state index is 12.1. The van der Waals surface area contributed by atoms with Crippen LogP contribution in [-0.2, 0) is 0 Å². The van der Waals surface area contributed by atoms with Crippen molar-refractivity contribution in [1.29, 1.82) is 0 Å². The Hall–Kier alpha value is -3.09. The number of aromatic nitrogens is 3. The molecule has 122 valence electrons. The van der Waals surface area contributed by atoms with Crippen molar-refractivity contribution in [3.63, 3.8) is 0 Å². The fourth-order valence-electron chi connectivity index (χ4n) is 2.97. The third-order valence-electron chi connectivity index (χ3n) is 4.30. The van der Waals surface area contributed by atoms with Gasteiger partial charge in [-0.2, -0.15) is 4.52 Å². The van der Waals surface area contributed by atoms with E-state index in [9.17, 15) is 4.79 Å². The van der Waals surface area contributed by atoms with E-state index in [1.807, 2.05) is 12.1 Å². The molecule has 4 rings (SSSR count). The largest absolute Gasteiger partial charge is 0.393 e. The lowest BCUT2D eigenvalue weighted by atomic mass is 10.2. The summed E-state index contributed by atoms with van der Waals surface area (Å²) in [6.45, 7) is 3.51. The van der Waals surface area contributed by atoms with Gasteiger partial charge in [0.1, 0.15) is 11.5 Å². The van der Waals surface area contributed by atoms with Crippen LogP contribution in [0.5, 0.6) is 0 Å². The van der Waals surface area contributed by atoms with Crippen LogP contribution in [0.3, 0.4) is 0 Å². The molecule has 7 nitrogen and oxygen atoms in total. The number of piperazine rings is 1. The fourth-order valence-corrected chi connectivity index (χ4v) is 2.97. The van der Waals surface area contributed by atoms with E-state index in [4.69, 9.17) is 5.73 Å². The molecule has 0 saturated carbocycles. The smallest absolute Gasteiger partial charge is 0.297 e. The molecule has 0 unspecified atom stereocenters. The van der Waals surface area contributed by atoms with Crippen molar-refractivity contribution in [3.8, 4) is 0 Å². The summed E-state index contributed by atoms with van der Waals surface area (Å²) in [5.41, 5.74) is 7.15. The summed E-state index contributed by atoms with van der Waals surface area (Å²) in [5, 5.41) is 4.43. The van der Waals surface area contributed by atoms with Crippen molar-refractivity contribution in [1.82, 2.24) is 14.6 Å². The molecule has 24 heavy (non-hydrogen) atoms. The molecule has 2 aromatic heterocycles. The summed E-state index contributed by atoms with van der Waals surface area (Å²) in [7, 11) is 0. The van der Waals surface area contributed by atoms with Gasteiger partial charge in [-0.1, -0.05) is 18.2 Å². The Labute approximate surface area is 138 Å². The Kier molecular flexibility index (Phi) is 3.53. The molecule has 0 bridgehead atoms. The topological polar surface area (TPSA) is 79.8 Å². The highest BCUT2D eigenvalue weighted by Crippen LogP contribution is 2.18. The van der Waals surface area contributed by atoms with Gasteiger partial charge in [0, 0.05) is 31.9 Å². The van der Waals surface area contributed by atoms with Crippen LogP contribution in [0.2, 0.25) is 0 Å². The molecule has 1 fully saturated rings. The second-order valence-corrected chi connectivity index (χ2v) is 5.79. The summed E-state index contributed by atoms with van der Waals surface area (Å²) in [6, 6.07) is 14.1. The number of hydrogen-bond acceptors (Lipinski definition) is 6. The molecule has 0 atom stereocenters. The number of nitrogens with two attached hydrogens (primary N) is 1. The lowest BCUT2D eigenvalue weighted by molar-refractivity contribution is 0.640. The Morgan fingerprint density at radius 3 is 2.38 bits per heavy atom. The molecule has 7 heteroatoms. The van der Waals surface area contributed by atoms with Gasteiger partial charge in [-0.05, 0) is 24.3 Å². The molecule has 0 amide bonds. The predicted molar refractivity (Wildman–Crippen MR) is 94.5 cm³/mol. The molecular weight excluding hydrogens is 304 g/mol. The minimum Gasteiger partial charge on any atom is -0.393 e. The predicted octanol–water partition coefficient (Wildman–Crippen LogP) is 0.998. The van der Waals surface area contributed by atoms with Gasteiger partial charge in [-0.25, -0.2) is 4.98 Å². The molecule has 0 aliphatic carbocycles. The number of anilines is 3. The van der Waals surface area contributed by atoms with E-state index in [1.54, 1.807) is 6.07 Å². The van der Waals surface area contributed by atoms with Crippen molar-refractivity contribution in [2.24, 2.45) is 0 Å². The molecule has 1 aromatic carbocycles. The molecule has 2 N–H and O–H groups in total. The molecule has 3 aromatic rings. The van der Waals surface area contributed by atoms with E-state index in [1.165, 1.54) is 16.4 Å². The molecule has 0 radical (unpaired) electrons. The number of nitrogen functional groups attached to an aromatic ring is 1. The van der Waals surface area contributed by atoms with Crippen molar-refractivity contribution in [3.05, 3.63) is 59.0 Å². The lowest BCUT2D eigenvalue weighted by Gasteiger charge is -2.36. The molecule has 3 heterocycles. The summed E-state index contributed by atoms with van der Waals surface area (Å²) in [4.78, 5) is 20.8. The zero-order valence-electron chi connectivity index (χ0n) is 13.2. The number of rotatable bonds is 2. The van der Waals surface area contributed by atoms with Crippen LogP contribution in [0, 0.1) is 0 Å². The average molecular weight is 322 g/mol. The standard InChI is InChI=1S/C17H18N6O/c18-14-12-19-15-6-7-16(20-23(15)17(14)24)22-10-8-21(9-11-22)13-4-2-1-3-5-13/h1-7,12H,8-11,18H2. The van der Waals surface area contributed by atoms with Gasteiger partial charge in [-0.15, -0.1) is 5.10 Å². The first-order valence-corrected chi connectivity index (χ1v) is 7.92. The monoisotopic (exact) mass is 322 g/mol. The number of para-hydroxylation sites is 1. The van der Waals surface area contributed by atoms with E-state index < -0.39 is 0 Å². The Morgan fingerprint density at radius 2 is 1.62 bits per heavy atom. The molecule has 1 saturated heterocycles. The van der Waals surface area contributed by atoms with Crippen LogP contribution < -0.4 is 21.1 Å². The third-order valence-corrected chi connectivity index (χ3v) is 4.30. The molecule has 1 aliphatic rings. The van der Waals surface area contributed by atoms with Crippen LogP contribution in [0.25, 0.3) is 5.65 Å². The van der Waals surface area contributed by atoms with Crippen LogP contribution in [-0.4, -0.2) is 40.8 Å². The van der Waals surface area contributed by atoms with Crippen LogP contribution in [0.15, 0.2) is 53.5 Å². The Balaban J connectivity index is 1.56. The fraction of sp³-hybridized carbons (Fsp3) is 0.235. The van der Waals surface area contributed by atoms with Crippen LogP contribution in [0.4, 0.5) is 17.2 Å². The van der Waals surface area contributed by atoms with E-state index in [0.717, 1.165) is 32.0 Å². The first kappa shape index (κ1) is 14.5. The maximum Gasteiger partial charge on any atom is 0.297 e. The second kappa shape index (κ2) is 5.84. The van der Waals surface area contributed by atoms with Crippen LogP contribution in [0.1, 0.15) is 0 Å². The summed E-state index contributed by atoms with van der Waals surface area (Å²) >= 11 is 0. The van der Waals surface area contributed by atoms with Crippen molar-refractivity contribution < 1.29 is 0 Å². The Morgan fingerprint density at radius 1 is 0.917 bits per heavy atom. The third kappa shape index (κ3) is 2.54. The zero-order valence-corrected chi connectivity index (χ0v) is 13.2. The SMILES string of the molecule is Nc1cnc2ccc(N3CCN(c4ccccc4)CC3)nn2c1=O. The van der Waals surface area contributed by atoms with E-state index in [-0.39, 0.29) is 11.2 Å². The maximum absolute atomic E-state index is 12.1. The normalized spacial score (nSPS) is 15.0. The van der Waals surface area contributed by atoms with E-state index in [2.05, 4.69) is 44.1 Å². The van der Waals surface area contributed by atoms with Gasteiger partial charge in [0.25, 0.3) is 5.56 Å². The van der Waals surface area contributed by atoms with Gasteiger partial charge in [0.2, 0.25) is 0 Å². The van der Waals surface area contributed by atoms with Crippen molar-refractivity contribution in [2.75, 3.05) is 41.7 Å². The highest BCUT2D eigenvalue weighted by Gasteiger charge is 2.19. The van der Waals surface area contributed by atoms with Gasteiger partial charge in [0.15, 0.2) is 5.65 Å². The van der Waals surface area contributed by atoms with E-state index in [0.29, 0.717) is 5.65 Å².